The Morgan fingerprint density at radius 2 is 1.88 bits per heavy atom. The lowest BCUT2D eigenvalue weighted by molar-refractivity contribution is -0.146. The minimum atomic E-state index is -0.968. The van der Waals surface area contributed by atoms with Crippen molar-refractivity contribution in [2.45, 2.75) is 26.3 Å². The maximum atomic E-state index is 11.7. The highest BCUT2D eigenvalue weighted by Crippen LogP contribution is 2.38. The molecule has 0 saturated heterocycles. The standard InChI is InChI=1S/C11H17NO5/c1-5(2)8(11(16)17-3)12-9(13)6-4-7(6)10(14)15/h5-8H,4H2,1-3H3,(H,12,13)(H,14,15)/t6?,7?,8-/m0/s1. The summed E-state index contributed by atoms with van der Waals surface area (Å²) in [7, 11) is 1.25. The van der Waals surface area contributed by atoms with E-state index in [1.807, 2.05) is 0 Å². The Hall–Kier alpha value is -1.59. The zero-order chi connectivity index (χ0) is 13.2. The molecule has 1 aliphatic rings. The molecule has 2 N–H and O–H groups in total. The number of methoxy groups -OCH3 is 1. The van der Waals surface area contributed by atoms with E-state index in [1.54, 1.807) is 13.8 Å². The summed E-state index contributed by atoms with van der Waals surface area (Å²) < 4.78 is 4.58. The summed E-state index contributed by atoms with van der Waals surface area (Å²) in [6.07, 6.45) is 0.340. The van der Waals surface area contributed by atoms with Crippen molar-refractivity contribution in [1.29, 1.82) is 0 Å². The van der Waals surface area contributed by atoms with Gasteiger partial charge in [0.2, 0.25) is 5.91 Å². The third-order valence-electron chi connectivity index (χ3n) is 2.86. The molecule has 6 nitrogen and oxygen atoms in total. The Labute approximate surface area is 99.3 Å². The number of rotatable bonds is 5. The van der Waals surface area contributed by atoms with E-state index in [4.69, 9.17) is 5.11 Å². The number of ether oxygens (including phenoxy) is 1. The van der Waals surface area contributed by atoms with Gasteiger partial charge in [-0.1, -0.05) is 13.8 Å². The van der Waals surface area contributed by atoms with Crippen molar-refractivity contribution in [3.8, 4) is 0 Å². The quantitative estimate of drug-likeness (QED) is 0.664. The Morgan fingerprint density at radius 1 is 1.29 bits per heavy atom. The van der Waals surface area contributed by atoms with Crippen LogP contribution in [-0.2, 0) is 19.1 Å². The smallest absolute Gasteiger partial charge is 0.328 e. The first kappa shape index (κ1) is 13.5. The van der Waals surface area contributed by atoms with Crippen molar-refractivity contribution in [2.24, 2.45) is 17.8 Å². The van der Waals surface area contributed by atoms with E-state index in [2.05, 4.69) is 10.1 Å². The van der Waals surface area contributed by atoms with Crippen LogP contribution in [0.3, 0.4) is 0 Å². The SMILES string of the molecule is COC(=O)[C@@H](NC(=O)C1CC1C(=O)O)C(C)C. The number of esters is 1. The van der Waals surface area contributed by atoms with E-state index in [9.17, 15) is 14.4 Å². The first-order valence-electron chi connectivity index (χ1n) is 5.49. The van der Waals surface area contributed by atoms with Crippen LogP contribution in [-0.4, -0.2) is 36.1 Å². The molecule has 1 rings (SSSR count). The maximum absolute atomic E-state index is 11.7. The van der Waals surface area contributed by atoms with Gasteiger partial charge in [0.05, 0.1) is 18.9 Å². The lowest BCUT2D eigenvalue weighted by Gasteiger charge is -2.19. The summed E-state index contributed by atoms with van der Waals surface area (Å²) in [6.45, 7) is 3.56. The Morgan fingerprint density at radius 3 is 2.24 bits per heavy atom. The molecule has 2 unspecified atom stereocenters. The van der Waals surface area contributed by atoms with E-state index < -0.39 is 29.8 Å². The van der Waals surface area contributed by atoms with Crippen LogP contribution in [0.4, 0.5) is 0 Å². The monoisotopic (exact) mass is 243 g/mol. The second kappa shape index (κ2) is 5.16. The van der Waals surface area contributed by atoms with Gasteiger partial charge in [0.1, 0.15) is 6.04 Å². The van der Waals surface area contributed by atoms with E-state index in [0.29, 0.717) is 6.42 Å². The summed E-state index contributed by atoms with van der Waals surface area (Å²) >= 11 is 0. The van der Waals surface area contributed by atoms with Gasteiger partial charge in [-0.15, -0.1) is 0 Å². The third-order valence-corrected chi connectivity index (χ3v) is 2.86. The number of carbonyl (C=O) groups excluding carboxylic acids is 2. The van der Waals surface area contributed by atoms with Crippen molar-refractivity contribution < 1.29 is 24.2 Å². The van der Waals surface area contributed by atoms with Gasteiger partial charge >= 0.3 is 11.9 Å². The Kier molecular flexibility index (Phi) is 4.09. The number of hydrogen-bond donors (Lipinski definition) is 2. The molecule has 6 heteroatoms. The molecule has 1 aliphatic carbocycles. The van der Waals surface area contributed by atoms with Gasteiger partial charge in [-0.25, -0.2) is 4.79 Å². The molecule has 0 aromatic carbocycles. The molecular weight excluding hydrogens is 226 g/mol. The van der Waals surface area contributed by atoms with Gasteiger partial charge in [-0.3, -0.25) is 9.59 Å². The highest BCUT2D eigenvalue weighted by molar-refractivity contribution is 5.92. The van der Waals surface area contributed by atoms with Crippen LogP contribution >= 0.6 is 0 Å². The number of hydrogen-bond acceptors (Lipinski definition) is 4. The molecule has 0 bridgehead atoms. The first-order valence-corrected chi connectivity index (χ1v) is 5.49. The van der Waals surface area contributed by atoms with Crippen LogP contribution in [0.5, 0.6) is 0 Å². The Bertz CT molecular complexity index is 339. The highest BCUT2D eigenvalue weighted by Gasteiger charge is 2.49. The fourth-order valence-electron chi connectivity index (χ4n) is 1.64. The van der Waals surface area contributed by atoms with E-state index >= 15 is 0 Å². The number of carboxylic acids is 1. The van der Waals surface area contributed by atoms with Crippen LogP contribution in [0.25, 0.3) is 0 Å². The summed E-state index contributed by atoms with van der Waals surface area (Å²) in [5.41, 5.74) is 0. The first-order chi connectivity index (χ1) is 7.88. The maximum Gasteiger partial charge on any atom is 0.328 e. The summed E-state index contributed by atoms with van der Waals surface area (Å²) in [6, 6.07) is -0.720. The molecule has 0 heterocycles. The van der Waals surface area contributed by atoms with Gasteiger partial charge in [0.25, 0.3) is 0 Å². The fraction of sp³-hybridized carbons (Fsp3) is 0.727. The van der Waals surface area contributed by atoms with Crippen molar-refractivity contribution in [3.63, 3.8) is 0 Å². The number of aliphatic carboxylic acids is 1. The van der Waals surface area contributed by atoms with Gasteiger partial charge in [0.15, 0.2) is 0 Å². The topological polar surface area (TPSA) is 92.7 Å². The lowest BCUT2D eigenvalue weighted by atomic mass is 10.0. The van der Waals surface area contributed by atoms with Crippen LogP contribution in [0.1, 0.15) is 20.3 Å². The third kappa shape index (κ3) is 3.18. The van der Waals surface area contributed by atoms with Gasteiger partial charge in [-0.05, 0) is 12.3 Å². The largest absolute Gasteiger partial charge is 0.481 e. The highest BCUT2D eigenvalue weighted by atomic mass is 16.5. The van der Waals surface area contributed by atoms with Gasteiger partial charge in [0, 0.05) is 0 Å². The number of nitrogens with one attached hydrogen (secondary N) is 1. The van der Waals surface area contributed by atoms with Crippen LogP contribution in [0.15, 0.2) is 0 Å². The molecule has 0 spiro atoms. The summed E-state index contributed by atoms with van der Waals surface area (Å²) in [4.78, 5) is 33.7. The number of carbonyl (C=O) groups is 3. The zero-order valence-corrected chi connectivity index (χ0v) is 10.1. The van der Waals surface area contributed by atoms with Crippen molar-refractivity contribution in [2.75, 3.05) is 7.11 Å². The molecule has 0 radical (unpaired) electrons. The number of carboxylic acid groups (broad SMARTS) is 1. The second-order valence-electron chi connectivity index (χ2n) is 4.54. The van der Waals surface area contributed by atoms with Crippen molar-refractivity contribution >= 4 is 17.8 Å². The summed E-state index contributed by atoms with van der Waals surface area (Å²) in [5.74, 6) is -3.10. The molecule has 0 aromatic rings. The van der Waals surface area contributed by atoms with Gasteiger partial charge in [-0.2, -0.15) is 0 Å². The predicted molar refractivity (Wildman–Crippen MR) is 58.0 cm³/mol. The van der Waals surface area contributed by atoms with E-state index in [0.717, 1.165) is 0 Å². The van der Waals surface area contributed by atoms with Crippen molar-refractivity contribution in [1.82, 2.24) is 5.32 Å². The van der Waals surface area contributed by atoms with Crippen LogP contribution < -0.4 is 5.32 Å². The summed E-state index contributed by atoms with van der Waals surface area (Å²) in [5, 5.41) is 11.2. The Balaban J connectivity index is 2.55. The molecule has 17 heavy (non-hydrogen) atoms. The molecule has 96 valence electrons. The minimum Gasteiger partial charge on any atom is -0.481 e. The predicted octanol–water partition coefficient (Wildman–Crippen LogP) is 0.0209. The average Bonchev–Trinajstić information content (AvgIpc) is 3.03. The number of amides is 1. The minimum absolute atomic E-state index is 0.103. The molecule has 1 amide bonds. The van der Waals surface area contributed by atoms with Gasteiger partial charge < -0.3 is 15.2 Å². The zero-order valence-electron chi connectivity index (χ0n) is 10.1. The average molecular weight is 243 g/mol. The fourth-order valence-corrected chi connectivity index (χ4v) is 1.64. The molecular formula is C11H17NO5. The van der Waals surface area contributed by atoms with E-state index in [-0.39, 0.29) is 11.8 Å². The van der Waals surface area contributed by atoms with Crippen LogP contribution in [0.2, 0.25) is 0 Å². The van der Waals surface area contributed by atoms with E-state index in [1.165, 1.54) is 7.11 Å². The normalized spacial score (nSPS) is 24.0. The molecule has 0 aromatic heterocycles. The van der Waals surface area contributed by atoms with Crippen molar-refractivity contribution in [3.05, 3.63) is 0 Å². The second-order valence-corrected chi connectivity index (χ2v) is 4.54. The molecule has 1 saturated carbocycles. The molecule has 1 fully saturated rings. The van der Waals surface area contributed by atoms with Crippen LogP contribution in [0, 0.1) is 17.8 Å². The molecule has 3 atom stereocenters. The molecule has 0 aliphatic heterocycles. The lowest BCUT2D eigenvalue weighted by Crippen LogP contribution is -2.45.